The molecule has 0 aliphatic heterocycles. The summed E-state index contributed by atoms with van der Waals surface area (Å²) in [5, 5.41) is 11.4. The van der Waals surface area contributed by atoms with Crippen LogP contribution in [0.2, 0.25) is 0 Å². The van der Waals surface area contributed by atoms with E-state index < -0.39 is 18.8 Å². The molecule has 0 unspecified atom stereocenters. The molecule has 0 spiro atoms. The minimum Gasteiger partial charge on any atom is -0.376 e. The highest BCUT2D eigenvalue weighted by Gasteiger charge is 2.22. The lowest BCUT2D eigenvalue weighted by atomic mass is 10.0. The van der Waals surface area contributed by atoms with Gasteiger partial charge in [0.2, 0.25) is 0 Å². The van der Waals surface area contributed by atoms with E-state index in [4.69, 9.17) is 10.3 Å². The number of rotatable bonds is 7. The lowest BCUT2D eigenvalue weighted by Gasteiger charge is -2.20. The second-order valence-corrected chi connectivity index (χ2v) is 4.88. The third-order valence-electron chi connectivity index (χ3n) is 3.27. The van der Waals surface area contributed by atoms with E-state index in [1.807, 2.05) is 37.4 Å². The van der Waals surface area contributed by atoms with Crippen LogP contribution < -0.4 is 0 Å². The number of benzene rings is 1. The zero-order valence-corrected chi connectivity index (χ0v) is 12.4. The molecule has 0 saturated heterocycles. The van der Waals surface area contributed by atoms with Crippen molar-refractivity contribution in [2.75, 3.05) is 13.8 Å². The minimum absolute atomic E-state index is 0.599. The first kappa shape index (κ1) is 15.9. The van der Waals surface area contributed by atoms with Gasteiger partial charge in [0, 0.05) is 18.2 Å². The molecule has 0 amide bonds. The van der Waals surface area contributed by atoms with E-state index in [1.165, 1.54) is 7.11 Å². The number of aryl methyl sites for hydroxylation is 1. The Balaban J connectivity index is 2.14. The minimum atomic E-state index is -0.876. The van der Waals surface area contributed by atoms with E-state index >= 15 is 0 Å². The standard InChI is InChI=1S/C14H17FN6O/c1-10-8-21(20-17-10)9-11-3-5-12(6-4-11)14(22-2)13(7-15)18-19-16/h3-6,8,13-14H,7,9H2,1-2H3/t13-,14-/m1/s1. The predicted molar refractivity (Wildman–Crippen MR) is 79.0 cm³/mol. The van der Waals surface area contributed by atoms with Gasteiger partial charge in [-0.3, -0.25) is 4.39 Å². The van der Waals surface area contributed by atoms with Crippen LogP contribution >= 0.6 is 0 Å². The SMILES string of the molecule is CO[C@H](c1ccc(Cn2cc(C)nn2)cc1)[C@@H](CF)N=[N+]=[N-]. The Bertz CT molecular complexity index is 650. The molecule has 0 aliphatic carbocycles. The van der Waals surface area contributed by atoms with Crippen molar-refractivity contribution in [2.24, 2.45) is 5.11 Å². The van der Waals surface area contributed by atoms with Crippen molar-refractivity contribution < 1.29 is 9.13 Å². The quantitative estimate of drug-likeness (QED) is 0.447. The Morgan fingerprint density at radius 1 is 1.41 bits per heavy atom. The van der Waals surface area contributed by atoms with Gasteiger partial charge in [0.15, 0.2) is 0 Å². The topological polar surface area (TPSA) is 88.7 Å². The molecule has 7 nitrogen and oxygen atoms in total. The smallest absolute Gasteiger partial charge is 0.101 e. The fourth-order valence-electron chi connectivity index (χ4n) is 2.23. The molecule has 2 aromatic rings. The van der Waals surface area contributed by atoms with E-state index in [2.05, 4.69) is 20.3 Å². The average Bonchev–Trinajstić information content (AvgIpc) is 2.93. The van der Waals surface area contributed by atoms with Gasteiger partial charge in [0.1, 0.15) is 6.67 Å². The second-order valence-electron chi connectivity index (χ2n) is 4.88. The van der Waals surface area contributed by atoms with Crippen LogP contribution in [0.1, 0.15) is 22.9 Å². The molecule has 22 heavy (non-hydrogen) atoms. The molecule has 0 saturated carbocycles. The van der Waals surface area contributed by atoms with Crippen LogP contribution in [-0.4, -0.2) is 34.8 Å². The van der Waals surface area contributed by atoms with E-state index in [1.54, 1.807) is 4.68 Å². The summed E-state index contributed by atoms with van der Waals surface area (Å²) in [6, 6.07) is 6.61. The first-order valence-corrected chi connectivity index (χ1v) is 6.76. The molecule has 1 aromatic carbocycles. The predicted octanol–water partition coefficient (Wildman–Crippen LogP) is 2.97. The molecule has 0 aliphatic rings. The molecule has 1 heterocycles. The molecule has 0 bridgehead atoms. The van der Waals surface area contributed by atoms with Crippen LogP contribution in [0.15, 0.2) is 35.6 Å². The normalized spacial score (nSPS) is 13.4. The molecule has 2 rings (SSSR count). The molecule has 0 N–H and O–H groups in total. The van der Waals surface area contributed by atoms with Gasteiger partial charge in [0.05, 0.1) is 24.4 Å². The Morgan fingerprint density at radius 2 is 2.14 bits per heavy atom. The maximum atomic E-state index is 13.0. The van der Waals surface area contributed by atoms with Gasteiger partial charge in [0.25, 0.3) is 0 Å². The maximum absolute atomic E-state index is 13.0. The summed E-state index contributed by atoms with van der Waals surface area (Å²) in [6.45, 7) is 1.70. The van der Waals surface area contributed by atoms with Gasteiger partial charge < -0.3 is 4.74 Å². The van der Waals surface area contributed by atoms with Crippen LogP contribution in [-0.2, 0) is 11.3 Å². The van der Waals surface area contributed by atoms with Crippen molar-refractivity contribution in [2.45, 2.75) is 25.6 Å². The summed E-state index contributed by atoms with van der Waals surface area (Å²) in [6.07, 6.45) is 1.25. The summed E-state index contributed by atoms with van der Waals surface area (Å²) in [5.74, 6) is 0. The van der Waals surface area contributed by atoms with Gasteiger partial charge >= 0.3 is 0 Å². The second kappa shape index (κ2) is 7.53. The monoisotopic (exact) mass is 304 g/mol. The highest BCUT2D eigenvalue weighted by molar-refractivity contribution is 5.25. The van der Waals surface area contributed by atoms with Crippen LogP contribution in [0.5, 0.6) is 0 Å². The zero-order valence-electron chi connectivity index (χ0n) is 12.4. The first-order valence-electron chi connectivity index (χ1n) is 6.76. The molecular weight excluding hydrogens is 287 g/mol. The lowest BCUT2D eigenvalue weighted by molar-refractivity contribution is 0.0722. The highest BCUT2D eigenvalue weighted by Crippen LogP contribution is 2.24. The lowest BCUT2D eigenvalue weighted by Crippen LogP contribution is -2.20. The van der Waals surface area contributed by atoms with Crippen LogP contribution in [0.3, 0.4) is 0 Å². The van der Waals surface area contributed by atoms with E-state index in [0.717, 1.165) is 16.8 Å². The molecule has 0 radical (unpaired) electrons. The number of azide groups is 1. The van der Waals surface area contributed by atoms with Crippen molar-refractivity contribution in [3.05, 3.63) is 57.7 Å². The molecule has 8 heteroatoms. The number of ether oxygens (including phenoxy) is 1. The summed E-state index contributed by atoms with van der Waals surface area (Å²) < 4.78 is 20.0. The molecule has 0 fully saturated rings. The van der Waals surface area contributed by atoms with Crippen molar-refractivity contribution >= 4 is 0 Å². The van der Waals surface area contributed by atoms with Gasteiger partial charge in [-0.25, -0.2) is 4.68 Å². The number of hydrogen-bond acceptors (Lipinski definition) is 4. The molecule has 1 aromatic heterocycles. The van der Waals surface area contributed by atoms with E-state index in [9.17, 15) is 4.39 Å². The van der Waals surface area contributed by atoms with Gasteiger partial charge in [-0.2, -0.15) is 0 Å². The average molecular weight is 304 g/mol. The van der Waals surface area contributed by atoms with Gasteiger partial charge in [-0.05, 0) is 23.6 Å². The summed E-state index contributed by atoms with van der Waals surface area (Å²) in [5.41, 5.74) is 11.1. The summed E-state index contributed by atoms with van der Waals surface area (Å²) in [4.78, 5) is 2.66. The Kier molecular flexibility index (Phi) is 5.46. The first-order chi connectivity index (χ1) is 10.7. The van der Waals surface area contributed by atoms with E-state index in [0.29, 0.717) is 6.54 Å². The van der Waals surface area contributed by atoms with Crippen LogP contribution in [0.25, 0.3) is 10.4 Å². The summed E-state index contributed by atoms with van der Waals surface area (Å²) in [7, 11) is 1.46. The molecular formula is C14H17FN6O. The van der Waals surface area contributed by atoms with Crippen LogP contribution in [0.4, 0.5) is 4.39 Å². The Hall–Kier alpha value is -2.44. The third-order valence-corrected chi connectivity index (χ3v) is 3.27. The fourth-order valence-corrected chi connectivity index (χ4v) is 2.23. The van der Waals surface area contributed by atoms with Crippen molar-refractivity contribution in [3.8, 4) is 0 Å². The Labute approximate surface area is 127 Å². The third kappa shape index (κ3) is 3.81. The van der Waals surface area contributed by atoms with Crippen molar-refractivity contribution in [3.63, 3.8) is 0 Å². The Morgan fingerprint density at radius 3 is 2.64 bits per heavy atom. The number of methoxy groups -OCH3 is 1. The number of nitrogens with zero attached hydrogens (tertiary/aromatic N) is 6. The maximum Gasteiger partial charge on any atom is 0.101 e. The largest absolute Gasteiger partial charge is 0.376 e. The van der Waals surface area contributed by atoms with E-state index in [-0.39, 0.29) is 0 Å². The zero-order chi connectivity index (χ0) is 15.9. The van der Waals surface area contributed by atoms with Gasteiger partial charge in [-0.1, -0.05) is 34.6 Å². The fraction of sp³-hybridized carbons (Fsp3) is 0.429. The van der Waals surface area contributed by atoms with Crippen LogP contribution in [0, 0.1) is 6.92 Å². The van der Waals surface area contributed by atoms with Crippen molar-refractivity contribution in [1.82, 2.24) is 15.0 Å². The molecule has 116 valence electrons. The number of alkyl halides is 1. The number of hydrogen-bond donors (Lipinski definition) is 0. The van der Waals surface area contributed by atoms with Crippen molar-refractivity contribution in [1.29, 1.82) is 0 Å². The molecule has 2 atom stereocenters. The number of halogens is 1. The van der Waals surface area contributed by atoms with Gasteiger partial charge in [-0.15, -0.1) is 5.10 Å². The number of aromatic nitrogens is 3. The summed E-state index contributed by atoms with van der Waals surface area (Å²) >= 11 is 0. The highest BCUT2D eigenvalue weighted by atomic mass is 19.1.